The first-order valence-electron chi connectivity index (χ1n) is 8.89. The van der Waals surface area contributed by atoms with Crippen LogP contribution in [0.3, 0.4) is 0 Å². The predicted molar refractivity (Wildman–Crippen MR) is 98.7 cm³/mol. The highest BCUT2D eigenvalue weighted by atomic mass is 32.2. The fourth-order valence-electron chi connectivity index (χ4n) is 3.87. The number of aryl methyl sites for hydroxylation is 1. The molecular weight excluding hydrogens is 350 g/mol. The highest BCUT2D eigenvalue weighted by molar-refractivity contribution is 7.89. The van der Waals surface area contributed by atoms with E-state index in [0.29, 0.717) is 18.8 Å². The van der Waals surface area contributed by atoms with Crippen molar-refractivity contribution in [1.82, 2.24) is 9.71 Å². The van der Waals surface area contributed by atoms with Crippen molar-refractivity contribution in [1.29, 1.82) is 0 Å². The number of aromatic nitrogens is 1. The van der Waals surface area contributed by atoms with Crippen molar-refractivity contribution in [3.8, 4) is 0 Å². The number of nitrogens with one attached hydrogen (secondary N) is 1. The molecule has 1 amide bonds. The maximum absolute atomic E-state index is 13.2. The van der Waals surface area contributed by atoms with E-state index in [1.165, 1.54) is 0 Å². The molecule has 136 valence electrons. The van der Waals surface area contributed by atoms with Gasteiger partial charge in [0.05, 0.1) is 16.5 Å². The summed E-state index contributed by atoms with van der Waals surface area (Å²) in [6.07, 6.45) is 4.08. The van der Waals surface area contributed by atoms with Gasteiger partial charge in [-0.25, -0.2) is 13.1 Å². The number of carbonyl (C=O) groups is 1. The molecule has 1 aromatic carbocycles. The van der Waals surface area contributed by atoms with Crippen LogP contribution >= 0.6 is 0 Å². The van der Waals surface area contributed by atoms with E-state index in [1.54, 1.807) is 30.2 Å². The predicted octanol–water partition coefficient (Wildman–Crippen LogP) is 2.00. The lowest BCUT2D eigenvalue weighted by atomic mass is 10.0. The first-order valence-corrected chi connectivity index (χ1v) is 10.4. The average molecular weight is 371 g/mol. The standard InChI is InChI=1S/C19H21N3O3S/c1-2-21-26(24,25)15-7-5-13-9-11-22(17(13)12-15)19(23)16-8-6-14-4-3-10-20-18(14)16/h3-5,7,10,12,16,21H,2,6,8-9,11H2,1H3. The fraction of sp³-hybridized carbons (Fsp3) is 0.368. The molecule has 6 nitrogen and oxygen atoms in total. The Kier molecular flexibility index (Phi) is 4.28. The Morgan fingerprint density at radius 3 is 2.92 bits per heavy atom. The van der Waals surface area contributed by atoms with Crippen LogP contribution in [0.2, 0.25) is 0 Å². The summed E-state index contributed by atoms with van der Waals surface area (Å²) < 4.78 is 27.1. The Hall–Kier alpha value is -2.25. The van der Waals surface area contributed by atoms with Crippen molar-refractivity contribution in [3.05, 3.63) is 53.3 Å². The van der Waals surface area contributed by atoms with Crippen LogP contribution in [0.15, 0.2) is 41.4 Å². The Morgan fingerprint density at radius 1 is 1.27 bits per heavy atom. The Labute approximate surface area is 153 Å². The van der Waals surface area contributed by atoms with Gasteiger partial charge in [0.25, 0.3) is 0 Å². The number of fused-ring (bicyclic) bond motifs is 2. The summed E-state index contributed by atoms with van der Waals surface area (Å²) in [6, 6.07) is 8.96. The number of nitrogens with zero attached hydrogens (tertiary/aromatic N) is 2. The number of hydrogen-bond donors (Lipinski definition) is 1. The van der Waals surface area contributed by atoms with Crippen molar-refractivity contribution in [3.63, 3.8) is 0 Å². The number of rotatable bonds is 4. The van der Waals surface area contributed by atoms with Crippen LogP contribution in [0, 0.1) is 0 Å². The van der Waals surface area contributed by atoms with Crippen molar-refractivity contribution in [2.45, 2.75) is 37.0 Å². The number of amides is 1. The minimum absolute atomic E-state index is 0.0131. The maximum atomic E-state index is 13.2. The van der Waals surface area contributed by atoms with Crippen LogP contribution < -0.4 is 9.62 Å². The highest BCUT2D eigenvalue weighted by Gasteiger charge is 2.36. The molecule has 7 heteroatoms. The molecule has 0 saturated carbocycles. The molecule has 1 N–H and O–H groups in total. The summed E-state index contributed by atoms with van der Waals surface area (Å²) in [5.41, 5.74) is 3.71. The quantitative estimate of drug-likeness (QED) is 0.892. The molecule has 0 fully saturated rings. The monoisotopic (exact) mass is 371 g/mol. The summed E-state index contributed by atoms with van der Waals surface area (Å²) in [5, 5.41) is 0. The van der Waals surface area contributed by atoms with Crippen LogP contribution in [0.1, 0.15) is 36.1 Å². The van der Waals surface area contributed by atoms with Crippen LogP contribution in [0.5, 0.6) is 0 Å². The van der Waals surface area contributed by atoms with Gasteiger partial charge in [0, 0.05) is 25.0 Å². The van der Waals surface area contributed by atoms with E-state index < -0.39 is 10.0 Å². The molecule has 1 aromatic heterocycles. The minimum atomic E-state index is -3.55. The zero-order valence-electron chi connectivity index (χ0n) is 14.6. The minimum Gasteiger partial charge on any atom is -0.311 e. The van der Waals surface area contributed by atoms with Crippen LogP contribution in [-0.4, -0.2) is 32.4 Å². The fourth-order valence-corrected chi connectivity index (χ4v) is 4.93. The normalized spacial score (nSPS) is 18.7. The summed E-state index contributed by atoms with van der Waals surface area (Å²) in [6.45, 7) is 2.65. The van der Waals surface area contributed by atoms with E-state index >= 15 is 0 Å². The highest BCUT2D eigenvalue weighted by Crippen LogP contribution is 2.37. The second-order valence-electron chi connectivity index (χ2n) is 6.67. The molecule has 0 spiro atoms. The second-order valence-corrected chi connectivity index (χ2v) is 8.44. The van der Waals surface area contributed by atoms with Gasteiger partial charge in [0.15, 0.2) is 0 Å². The molecule has 0 bridgehead atoms. The average Bonchev–Trinajstić information content (AvgIpc) is 3.25. The number of benzene rings is 1. The Balaban J connectivity index is 1.67. The summed E-state index contributed by atoms with van der Waals surface area (Å²) in [7, 11) is -3.55. The number of anilines is 1. The summed E-state index contributed by atoms with van der Waals surface area (Å²) in [4.78, 5) is 19.5. The van der Waals surface area contributed by atoms with Crippen LogP contribution in [0.25, 0.3) is 0 Å². The van der Waals surface area contributed by atoms with Gasteiger partial charge in [-0.2, -0.15) is 0 Å². The molecule has 1 aliphatic heterocycles. The molecule has 2 aliphatic rings. The Morgan fingerprint density at radius 2 is 2.12 bits per heavy atom. The van der Waals surface area contributed by atoms with Gasteiger partial charge in [-0.1, -0.05) is 19.1 Å². The molecular formula is C19H21N3O3S. The molecule has 1 unspecified atom stereocenters. The van der Waals surface area contributed by atoms with E-state index in [1.807, 2.05) is 18.2 Å². The van der Waals surface area contributed by atoms with E-state index in [-0.39, 0.29) is 16.7 Å². The molecule has 0 saturated heterocycles. The van der Waals surface area contributed by atoms with Crippen LogP contribution in [0.4, 0.5) is 5.69 Å². The van der Waals surface area contributed by atoms with E-state index in [0.717, 1.165) is 36.1 Å². The molecule has 2 aromatic rings. The van der Waals surface area contributed by atoms with E-state index in [4.69, 9.17) is 0 Å². The largest absolute Gasteiger partial charge is 0.311 e. The maximum Gasteiger partial charge on any atom is 0.240 e. The van der Waals surface area contributed by atoms with E-state index in [2.05, 4.69) is 9.71 Å². The zero-order chi connectivity index (χ0) is 18.3. The Bertz CT molecular complexity index is 972. The van der Waals surface area contributed by atoms with Gasteiger partial charge in [-0.3, -0.25) is 9.78 Å². The molecule has 26 heavy (non-hydrogen) atoms. The van der Waals surface area contributed by atoms with Crippen molar-refractivity contribution in [2.75, 3.05) is 18.0 Å². The molecule has 1 atom stereocenters. The van der Waals surface area contributed by atoms with Crippen molar-refractivity contribution >= 4 is 21.6 Å². The van der Waals surface area contributed by atoms with Crippen LogP contribution in [-0.2, 0) is 27.7 Å². The molecule has 4 rings (SSSR count). The van der Waals surface area contributed by atoms with E-state index in [9.17, 15) is 13.2 Å². The molecule has 0 radical (unpaired) electrons. The van der Waals surface area contributed by atoms with Gasteiger partial charge < -0.3 is 4.90 Å². The van der Waals surface area contributed by atoms with Gasteiger partial charge in [0.2, 0.25) is 15.9 Å². The third kappa shape index (κ3) is 2.81. The lowest BCUT2D eigenvalue weighted by Gasteiger charge is -2.22. The third-order valence-electron chi connectivity index (χ3n) is 5.12. The zero-order valence-corrected chi connectivity index (χ0v) is 15.4. The first-order chi connectivity index (χ1) is 12.5. The van der Waals surface area contributed by atoms with Gasteiger partial charge in [0.1, 0.15) is 0 Å². The van der Waals surface area contributed by atoms with Crippen molar-refractivity contribution < 1.29 is 13.2 Å². The lowest BCUT2D eigenvalue weighted by Crippen LogP contribution is -2.33. The lowest BCUT2D eigenvalue weighted by molar-refractivity contribution is -0.120. The number of carbonyl (C=O) groups excluding carboxylic acids is 1. The summed E-state index contributed by atoms with van der Waals surface area (Å²) >= 11 is 0. The molecule has 1 aliphatic carbocycles. The van der Waals surface area contributed by atoms with Gasteiger partial charge in [-0.05, 0) is 48.6 Å². The SMILES string of the molecule is CCNS(=O)(=O)c1ccc2c(c1)N(C(=O)C1CCc3cccnc31)CC2. The first kappa shape index (κ1) is 17.2. The molecule has 2 heterocycles. The smallest absolute Gasteiger partial charge is 0.240 e. The summed E-state index contributed by atoms with van der Waals surface area (Å²) in [5.74, 6) is -0.231. The van der Waals surface area contributed by atoms with Gasteiger partial charge in [-0.15, -0.1) is 0 Å². The topological polar surface area (TPSA) is 79.4 Å². The number of sulfonamides is 1. The van der Waals surface area contributed by atoms with Gasteiger partial charge >= 0.3 is 0 Å². The third-order valence-corrected chi connectivity index (χ3v) is 6.66. The number of hydrogen-bond acceptors (Lipinski definition) is 4. The second kappa shape index (κ2) is 6.48. The van der Waals surface area contributed by atoms with Crippen molar-refractivity contribution in [2.24, 2.45) is 0 Å². The number of pyridine rings is 1.